The SMILES string of the molecule is CCCNCc1cc(-c2cc(F)ccc2F)ccc1F. The maximum atomic E-state index is 13.7. The highest BCUT2D eigenvalue weighted by molar-refractivity contribution is 5.65. The molecule has 2 aromatic carbocycles. The number of nitrogens with one attached hydrogen (secondary N) is 1. The fourth-order valence-electron chi connectivity index (χ4n) is 2.00. The molecule has 0 atom stereocenters. The van der Waals surface area contributed by atoms with Crippen LogP contribution in [0.2, 0.25) is 0 Å². The zero-order valence-corrected chi connectivity index (χ0v) is 11.2. The molecule has 1 nitrogen and oxygen atoms in total. The molecule has 0 saturated heterocycles. The lowest BCUT2D eigenvalue weighted by Gasteiger charge is -2.09. The highest BCUT2D eigenvalue weighted by Crippen LogP contribution is 2.25. The Kier molecular flexibility index (Phi) is 4.79. The normalized spacial score (nSPS) is 10.8. The molecule has 0 heterocycles. The van der Waals surface area contributed by atoms with Crippen LogP contribution >= 0.6 is 0 Å². The highest BCUT2D eigenvalue weighted by atomic mass is 19.1. The second kappa shape index (κ2) is 6.57. The predicted molar refractivity (Wildman–Crippen MR) is 73.7 cm³/mol. The van der Waals surface area contributed by atoms with E-state index in [9.17, 15) is 13.2 Å². The topological polar surface area (TPSA) is 12.0 Å². The molecule has 0 radical (unpaired) electrons. The van der Waals surface area contributed by atoms with Crippen LogP contribution in [-0.2, 0) is 6.54 Å². The minimum atomic E-state index is -0.523. The van der Waals surface area contributed by atoms with Crippen molar-refractivity contribution in [1.29, 1.82) is 0 Å². The number of hydrogen-bond donors (Lipinski definition) is 1. The van der Waals surface area contributed by atoms with E-state index >= 15 is 0 Å². The maximum absolute atomic E-state index is 13.7. The molecule has 0 amide bonds. The average molecular weight is 279 g/mol. The predicted octanol–water partition coefficient (Wildman–Crippen LogP) is 4.27. The van der Waals surface area contributed by atoms with E-state index in [1.807, 2.05) is 6.92 Å². The quantitative estimate of drug-likeness (QED) is 0.806. The fourth-order valence-corrected chi connectivity index (χ4v) is 2.00. The molecule has 0 aromatic heterocycles. The van der Waals surface area contributed by atoms with Crippen LogP contribution in [0.5, 0.6) is 0 Å². The Morgan fingerprint density at radius 3 is 2.45 bits per heavy atom. The summed E-state index contributed by atoms with van der Waals surface area (Å²) in [4.78, 5) is 0. The first-order valence-electron chi connectivity index (χ1n) is 6.56. The van der Waals surface area contributed by atoms with E-state index in [1.54, 1.807) is 6.07 Å². The molecule has 20 heavy (non-hydrogen) atoms. The first-order valence-corrected chi connectivity index (χ1v) is 6.56. The summed E-state index contributed by atoms with van der Waals surface area (Å²) in [6.45, 7) is 3.16. The van der Waals surface area contributed by atoms with Crippen molar-refractivity contribution in [3.05, 3.63) is 59.4 Å². The minimum Gasteiger partial charge on any atom is -0.313 e. The average Bonchev–Trinajstić information content (AvgIpc) is 2.44. The summed E-state index contributed by atoms with van der Waals surface area (Å²) < 4.78 is 40.6. The van der Waals surface area contributed by atoms with E-state index in [1.165, 1.54) is 12.1 Å². The molecule has 2 aromatic rings. The summed E-state index contributed by atoms with van der Waals surface area (Å²) in [7, 11) is 0. The largest absolute Gasteiger partial charge is 0.313 e. The molecule has 0 bridgehead atoms. The van der Waals surface area contributed by atoms with Crippen molar-refractivity contribution in [3.8, 4) is 11.1 Å². The molecule has 4 heteroatoms. The highest BCUT2D eigenvalue weighted by Gasteiger charge is 2.09. The van der Waals surface area contributed by atoms with Gasteiger partial charge in [0, 0.05) is 17.7 Å². The fraction of sp³-hybridized carbons (Fsp3) is 0.250. The van der Waals surface area contributed by atoms with Gasteiger partial charge in [-0.05, 0) is 48.9 Å². The van der Waals surface area contributed by atoms with Crippen LogP contribution in [0, 0.1) is 17.5 Å². The smallest absolute Gasteiger partial charge is 0.131 e. The second-order valence-electron chi connectivity index (χ2n) is 4.61. The minimum absolute atomic E-state index is 0.141. The Balaban J connectivity index is 2.33. The van der Waals surface area contributed by atoms with Crippen molar-refractivity contribution < 1.29 is 13.2 Å². The van der Waals surface area contributed by atoms with Gasteiger partial charge in [0.25, 0.3) is 0 Å². The van der Waals surface area contributed by atoms with Crippen LogP contribution in [0.25, 0.3) is 11.1 Å². The first kappa shape index (κ1) is 14.6. The summed E-state index contributed by atoms with van der Waals surface area (Å²) in [5, 5.41) is 3.09. The number of rotatable bonds is 5. The third kappa shape index (κ3) is 3.39. The summed E-state index contributed by atoms with van der Waals surface area (Å²) >= 11 is 0. The monoisotopic (exact) mass is 279 g/mol. The lowest BCUT2D eigenvalue weighted by molar-refractivity contribution is 0.586. The van der Waals surface area contributed by atoms with Gasteiger partial charge in [0.2, 0.25) is 0 Å². The second-order valence-corrected chi connectivity index (χ2v) is 4.61. The van der Waals surface area contributed by atoms with Crippen molar-refractivity contribution in [3.63, 3.8) is 0 Å². The summed E-state index contributed by atoms with van der Waals surface area (Å²) in [6.07, 6.45) is 0.944. The Bertz CT molecular complexity index is 596. The summed E-state index contributed by atoms with van der Waals surface area (Å²) in [6, 6.07) is 7.54. The standard InChI is InChI=1S/C16H16F3N/c1-2-7-20-10-12-8-11(3-5-15(12)18)14-9-13(17)4-6-16(14)19/h3-6,8-9,20H,2,7,10H2,1H3. The Labute approximate surface area is 116 Å². The molecule has 2 rings (SSSR count). The lowest BCUT2D eigenvalue weighted by atomic mass is 10.0. The van der Waals surface area contributed by atoms with E-state index in [0.29, 0.717) is 17.7 Å². The van der Waals surface area contributed by atoms with Crippen LogP contribution in [0.15, 0.2) is 36.4 Å². The molecule has 0 spiro atoms. The van der Waals surface area contributed by atoms with Gasteiger partial charge in [0.15, 0.2) is 0 Å². The van der Waals surface area contributed by atoms with E-state index in [-0.39, 0.29) is 11.4 Å². The first-order chi connectivity index (χ1) is 9.61. The Morgan fingerprint density at radius 2 is 1.70 bits per heavy atom. The third-order valence-corrected chi connectivity index (χ3v) is 3.03. The van der Waals surface area contributed by atoms with Gasteiger partial charge in [-0.3, -0.25) is 0 Å². The third-order valence-electron chi connectivity index (χ3n) is 3.03. The van der Waals surface area contributed by atoms with Gasteiger partial charge in [-0.2, -0.15) is 0 Å². The van der Waals surface area contributed by atoms with Gasteiger partial charge in [0.05, 0.1) is 0 Å². The van der Waals surface area contributed by atoms with Gasteiger partial charge in [-0.25, -0.2) is 13.2 Å². The van der Waals surface area contributed by atoms with E-state index in [0.717, 1.165) is 31.2 Å². The van der Waals surface area contributed by atoms with Crippen molar-refractivity contribution >= 4 is 0 Å². The zero-order chi connectivity index (χ0) is 14.5. The van der Waals surface area contributed by atoms with E-state index in [2.05, 4.69) is 5.32 Å². The zero-order valence-electron chi connectivity index (χ0n) is 11.2. The molecule has 106 valence electrons. The van der Waals surface area contributed by atoms with Crippen molar-refractivity contribution in [2.45, 2.75) is 19.9 Å². The van der Waals surface area contributed by atoms with Crippen LogP contribution in [0.3, 0.4) is 0 Å². The van der Waals surface area contributed by atoms with Crippen molar-refractivity contribution in [2.24, 2.45) is 0 Å². The van der Waals surface area contributed by atoms with E-state index in [4.69, 9.17) is 0 Å². The Hall–Kier alpha value is -1.81. The molecule has 0 aliphatic heterocycles. The van der Waals surface area contributed by atoms with Gasteiger partial charge in [-0.1, -0.05) is 13.0 Å². The van der Waals surface area contributed by atoms with Crippen LogP contribution in [0.4, 0.5) is 13.2 Å². The van der Waals surface area contributed by atoms with Crippen LogP contribution < -0.4 is 5.32 Å². The van der Waals surface area contributed by atoms with Gasteiger partial charge >= 0.3 is 0 Å². The van der Waals surface area contributed by atoms with Crippen molar-refractivity contribution in [1.82, 2.24) is 5.32 Å². The van der Waals surface area contributed by atoms with Gasteiger partial charge < -0.3 is 5.32 Å². The number of hydrogen-bond acceptors (Lipinski definition) is 1. The van der Waals surface area contributed by atoms with E-state index < -0.39 is 11.6 Å². The molecule has 0 aliphatic rings. The number of benzene rings is 2. The molecule has 0 fully saturated rings. The molecule has 0 unspecified atom stereocenters. The van der Waals surface area contributed by atoms with Gasteiger partial charge in [0.1, 0.15) is 17.5 Å². The molecular weight excluding hydrogens is 263 g/mol. The van der Waals surface area contributed by atoms with Crippen LogP contribution in [-0.4, -0.2) is 6.54 Å². The number of halogens is 3. The molecule has 1 N–H and O–H groups in total. The molecule has 0 saturated carbocycles. The molecule has 0 aliphatic carbocycles. The Morgan fingerprint density at radius 1 is 0.950 bits per heavy atom. The maximum Gasteiger partial charge on any atom is 0.131 e. The van der Waals surface area contributed by atoms with Gasteiger partial charge in [-0.15, -0.1) is 0 Å². The lowest BCUT2D eigenvalue weighted by Crippen LogP contribution is -2.14. The van der Waals surface area contributed by atoms with Crippen LogP contribution in [0.1, 0.15) is 18.9 Å². The summed E-state index contributed by atoms with van der Waals surface area (Å²) in [5.74, 6) is -1.39. The summed E-state index contributed by atoms with van der Waals surface area (Å²) in [5.41, 5.74) is 1.05. The molecular formula is C16H16F3N. The van der Waals surface area contributed by atoms with Crippen molar-refractivity contribution in [2.75, 3.05) is 6.54 Å².